The topological polar surface area (TPSA) is 80.5 Å². The highest BCUT2D eigenvalue weighted by molar-refractivity contribution is 5.74. The number of carbonyl (C=O) groups excluding carboxylic acids is 1. The van der Waals surface area contributed by atoms with Crippen molar-refractivity contribution >= 4 is 6.03 Å². The number of rotatable bonds is 8. The highest BCUT2D eigenvalue weighted by Crippen LogP contribution is 2.29. The van der Waals surface area contributed by atoms with E-state index in [1.165, 1.54) is 25.0 Å². The first-order valence-corrected chi connectivity index (χ1v) is 9.85. The molecule has 1 atom stereocenters. The molecule has 2 heterocycles. The summed E-state index contributed by atoms with van der Waals surface area (Å²) in [6, 6.07) is 5.96. The Hall–Kier alpha value is -2.48. The summed E-state index contributed by atoms with van der Waals surface area (Å²) in [6.45, 7) is 3.00. The van der Waals surface area contributed by atoms with E-state index >= 15 is 0 Å². The lowest BCUT2D eigenvalue weighted by Gasteiger charge is -2.16. The fraction of sp³-hybridized carbons (Fsp3) is 0.550. The molecule has 1 N–H and O–H groups in total. The quantitative estimate of drug-likeness (QED) is 0.704. The minimum atomic E-state index is -0.286. The predicted molar refractivity (Wildman–Crippen MR) is 99.1 cm³/mol. The number of likely N-dealkylation sites (tertiary alicyclic amines) is 1. The Morgan fingerprint density at radius 1 is 1.29 bits per heavy atom. The third-order valence-corrected chi connectivity index (χ3v) is 5.19. The molecule has 1 aliphatic carbocycles. The summed E-state index contributed by atoms with van der Waals surface area (Å²) in [5.41, 5.74) is 0.857. The van der Waals surface area contributed by atoms with Gasteiger partial charge in [0.15, 0.2) is 5.82 Å². The van der Waals surface area contributed by atoms with E-state index in [1.54, 1.807) is 17.0 Å². The van der Waals surface area contributed by atoms with E-state index in [2.05, 4.69) is 15.5 Å². The second-order valence-electron chi connectivity index (χ2n) is 7.53. The Labute approximate surface area is 163 Å². The van der Waals surface area contributed by atoms with Crippen molar-refractivity contribution in [3.63, 3.8) is 0 Å². The van der Waals surface area contributed by atoms with Crippen LogP contribution in [0.1, 0.15) is 42.5 Å². The lowest BCUT2D eigenvalue weighted by atomic mass is 10.1. The molecule has 2 aliphatic rings. The number of ether oxygens (including phenoxy) is 1. The van der Waals surface area contributed by atoms with Crippen LogP contribution >= 0.6 is 0 Å². The zero-order valence-corrected chi connectivity index (χ0v) is 15.8. The van der Waals surface area contributed by atoms with Gasteiger partial charge in [-0.3, -0.25) is 0 Å². The minimum absolute atomic E-state index is 0.0604. The van der Waals surface area contributed by atoms with Gasteiger partial charge in [0, 0.05) is 32.7 Å². The largest absolute Gasteiger partial charge is 0.381 e. The molecule has 2 amide bonds. The third kappa shape index (κ3) is 5.07. The van der Waals surface area contributed by atoms with E-state index < -0.39 is 0 Å². The molecule has 1 unspecified atom stereocenters. The number of halogens is 1. The van der Waals surface area contributed by atoms with Crippen LogP contribution in [0, 0.1) is 11.7 Å². The van der Waals surface area contributed by atoms with Crippen molar-refractivity contribution in [1.82, 2.24) is 20.4 Å². The summed E-state index contributed by atoms with van der Waals surface area (Å²) < 4.78 is 23.9. The molecule has 0 radical (unpaired) electrons. The van der Waals surface area contributed by atoms with Crippen molar-refractivity contribution in [3.05, 3.63) is 47.4 Å². The van der Waals surface area contributed by atoms with Crippen LogP contribution in [0.5, 0.6) is 0 Å². The SMILES string of the molecule is O=C(NCc1ccc(F)cc1)N1CCC(c2nc(CCOCC3CC3)no2)C1. The fourth-order valence-electron chi connectivity index (χ4n) is 3.27. The summed E-state index contributed by atoms with van der Waals surface area (Å²) >= 11 is 0. The Kier molecular flexibility index (Phi) is 5.85. The van der Waals surface area contributed by atoms with Gasteiger partial charge in [-0.1, -0.05) is 17.3 Å². The maximum absolute atomic E-state index is 12.9. The third-order valence-electron chi connectivity index (χ3n) is 5.19. The first kappa shape index (κ1) is 18.9. The molecule has 1 aromatic heterocycles. The molecule has 28 heavy (non-hydrogen) atoms. The number of carbonyl (C=O) groups is 1. The number of hydrogen-bond acceptors (Lipinski definition) is 5. The van der Waals surface area contributed by atoms with Crippen molar-refractivity contribution in [2.75, 3.05) is 26.3 Å². The number of aromatic nitrogens is 2. The van der Waals surface area contributed by atoms with Crippen molar-refractivity contribution in [2.45, 2.75) is 38.1 Å². The average molecular weight is 388 g/mol. The summed E-state index contributed by atoms with van der Waals surface area (Å²) in [5, 5.41) is 6.90. The van der Waals surface area contributed by atoms with Gasteiger partial charge in [-0.15, -0.1) is 0 Å². The fourth-order valence-corrected chi connectivity index (χ4v) is 3.27. The van der Waals surface area contributed by atoms with Gasteiger partial charge in [-0.25, -0.2) is 9.18 Å². The van der Waals surface area contributed by atoms with E-state index in [4.69, 9.17) is 9.26 Å². The second-order valence-corrected chi connectivity index (χ2v) is 7.53. The second kappa shape index (κ2) is 8.68. The number of amides is 2. The van der Waals surface area contributed by atoms with Crippen LogP contribution in [0.25, 0.3) is 0 Å². The van der Waals surface area contributed by atoms with E-state index in [-0.39, 0.29) is 17.8 Å². The highest BCUT2D eigenvalue weighted by Gasteiger charge is 2.31. The van der Waals surface area contributed by atoms with Gasteiger partial charge in [0.25, 0.3) is 0 Å². The molecule has 2 fully saturated rings. The van der Waals surface area contributed by atoms with Crippen LogP contribution < -0.4 is 5.32 Å². The first-order valence-electron chi connectivity index (χ1n) is 9.85. The predicted octanol–water partition coefficient (Wildman–Crippen LogP) is 2.88. The molecule has 150 valence electrons. The Balaban J connectivity index is 1.20. The van der Waals surface area contributed by atoms with Crippen LogP contribution in [0.4, 0.5) is 9.18 Å². The highest BCUT2D eigenvalue weighted by atomic mass is 19.1. The first-order chi connectivity index (χ1) is 13.7. The van der Waals surface area contributed by atoms with E-state index in [9.17, 15) is 9.18 Å². The summed E-state index contributed by atoms with van der Waals surface area (Å²) in [7, 11) is 0. The molecule has 1 aliphatic heterocycles. The summed E-state index contributed by atoms with van der Waals surface area (Å²) in [4.78, 5) is 18.6. The van der Waals surface area contributed by atoms with Gasteiger partial charge < -0.3 is 19.5 Å². The number of benzene rings is 1. The van der Waals surface area contributed by atoms with E-state index in [0.717, 1.165) is 24.5 Å². The molecule has 0 spiro atoms. The molecule has 1 saturated heterocycles. The van der Waals surface area contributed by atoms with E-state index in [0.29, 0.717) is 44.4 Å². The van der Waals surface area contributed by atoms with Gasteiger partial charge in [0.1, 0.15) is 5.82 Å². The molecule has 0 bridgehead atoms. The Morgan fingerprint density at radius 2 is 2.11 bits per heavy atom. The minimum Gasteiger partial charge on any atom is -0.381 e. The van der Waals surface area contributed by atoms with Crippen LogP contribution in [-0.2, 0) is 17.7 Å². The zero-order chi connectivity index (χ0) is 19.3. The smallest absolute Gasteiger partial charge is 0.317 e. The summed E-state index contributed by atoms with van der Waals surface area (Å²) in [6.07, 6.45) is 4.00. The maximum atomic E-state index is 12.9. The summed E-state index contributed by atoms with van der Waals surface area (Å²) in [5.74, 6) is 1.77. The Morgan fingerprint density at radius 3 is 2.89 bits per heavy atom. The monoisotopic (exact) mass is 388 g/mol. The molecule has 7 nitrogen and oxygen atoms in total. The van der Waals surface area contributed by atoms with Crippen molar-refractivity contribution in [2.24, 2.45) is 5.92 Å². The molecular formula is C20H25FN4O3. The van der Waals surface area contributed by atoms with Crippen molar-refractivity contribution < 1.29 is 18.4 Å². The lowest BCUT2D eigenvalue weighted by molar-refractivity contribution is 0.125. The van der Waals surface area contributed by atoms with Gasteiger partial charge in [0.05, 0.1) is 12.5 Å². The van der Waals surface area contributed by atoms with Crippen molar-refractivity contribution in [3.8, 4) is 0 Å². The maximum Gasteiger partial charge on any atom is 0.317 e. The van der Waals surface area contributed by atoms with Gasteiger partial charge in [-0.2, -0.15) is 4.98 Å². The molecule has 8 heteroatoms. The molecule has 4 rings (SSSR count). The molecular weight excluding hydrogens is 363 g/mol. The average Bonchev–Trinajstić information content (AvgIpc) is 3.18. The van der Waals surface area contributed by atoms with Gasteiger partial charge in [-0.05, 0) is 42.9 Å². The number of nitrogens with zero attached hydrogens (tertiary/aromatic N) is 3. The molecule has 1 aromatic carbocycles. The van der Waals surface area contributed by atoms with E-state index in [1.807, 2.05) is 0 Å². The van der Waals surface area contributed by atoms with Gasteiger partial charge >= 0.3 is 6.03 Å². The van der Waals surface area contributed by atoms with Crippen molar-refractivity contribution in [1.29, 1.82) is 0 Å². The standard InChI is InChI=1S/C20H25FN4O3/c21-17-5-3-14(4-6-17)11-22-20(26)25-9-7-16(12-25)19-23-18(24-28-19)8-10-27-13-15-1-2-15/h3-6,15-16H,1-2,7-13H2,(H,22,26). The number of hydrogen-bond donors (Lipinski definition) is 1. The van der Waals surface area contributed by atoms with Gasteiger partial charge in [0.2, 0.25) is 5.89 Å². The van der Waals surface area contributed by atoms with Crippen LogP contribution in [-0.4, -0.2) is 47.4 Å². The zero-order valence-electron chi connectivity index (χ0n) is 15.8. The lowest BCUT2D eigenvalue weighted by Crippen LogP contribution is -2.37. The van der Waals surface area contributed by atoms with Crippen LogP contribution in [0.15, 0.2) is 28.8 Å². The number of nitrogens with one attached hydrogen (secondary N) is 1. The van der Waals surface area contributed by atoms with Crippen LogP contribution in [0.3, 0.4) is 0 Å². The number of urea groups is 1. The van der Waals surface area contributed by atoms with Crippen LogP contribution in [0.2, 0.25) is 0 Å². The molecule has 1 saturated carbocycles. The Bertz CT molecular complexity index is 791. The normalized spacial score (nSPS) is 19.2. The molecule has 2 aromatic rings.